The Bertz CT molecular complexity index is 693. The molecule has 0 aliphatic heterocycles. The van der Waals surface area contributed by atoms with E-state index in [1.807, 2.05) is 31.2 Å². The van der Waals surface area contributed by atoms with Gasteiger partial charge >= 0.3 is 0 Å². The van der Waals surface area contributed by atoms with E-state index >= 15 is 0 Å². The molecule has 0 bridgehead atoms. The number of methoxy groups -OCH3 is 1. The van der Waals surface area contributed by atoms with Gasteiger partial charge in [0.25, 0.3) is 0 Å². The summed E-state index contributed by atoms with van der Waals surface area (Å²) < 4.78 is 5.77. The second-order valence-corrected chi connectivity index (χ2v) is 9.31. The summed E-state index contributed by atoms with van der Waals surface area (Å²) in [5.74, 6) is 0.106. The fourth-order valence-electron chi connectivity index (χ4n) is 2.16. The van der Waals surface area contributed by atoms with Crippen molar-refractivity contribution in [3.05, 3.63) is 35.4 Å². The Morgan fingerprint density at radius 2 is 1.96 bits per heavy atom. The maximum absolute atomic E-state index is 12.6. The zero-order valence-corrected chi connectivity index (χ0v) is 17.0. The third kappa shape index (κ3) is 5.80. The lowest BCUT2D eigenvalue weighted by Gasteiger charge is -2.19. The van der Waals surface area contributed by atoms with Gasteiger partial charge in [-0.2, -0.15) is 0 Å². The van der Waals surface area contributed by atoms with Crippen LogP contribution in [0.5, 0.6) is 0 Å². The number of carbonyl (C=O) groups excluding carboxylic acids is 1. The molecule has 25 heavy (non-hydrogen) atoms. The first kappa shape index (κ1) is 19.9. The van der Waals surface area contributed by atoms with Gasteiger partial charge < -0.3 is 10.1 Å². The number of hydrogen-bond acceptors (Lipinski definition) is 7. The van der Waals surface area contributed by atoms with E-state index in [-0.39, 0.29) is 16.4 Å². The molecular weight excluding hydrogens is 354 g/mol. The highest BCUT2D eigenvalue weighted by Gasteiger charge is 2.20. The van der Waals surface area contributed by atoms with Crippen molar-refractivity contribution in [3.63, 3.8) is 0 Å². The highest BCUT2D eigenvalue weighted by Crippen LogP contribution is 2.30. The van der Waals surface area contributed by atoms with Crippen molar-refractivity contribution in [2.24, 2.45) is 0 Å². The molecule has 0 radical (unpaired) electrons. The van der Waals surface area contributed by atoms with Crippen molar-refractivity contribution in [3.8, 4) is 0 Å². The standard InChI is InChI=1S/C18H25N3O2S2/c1-12(24-17-21-20-16(25-17)19-10-11-23-5)15(22)13-6-8-14(9-7-13)18(2,3)4/h6-9,12H,10-11H2,1-5H3,(H,19,20). The zero-order valence-electron chi connectivity index (χ0n) is 15.3. The van der Waals surface area contributed by atoms with Crippen LogP contribution < -0.4 is 5.32 Å². The smallest absolute Gasteiger partial charge is 0.206 e. The second-order valence-electron chi connectivity index (χ2n) is 6.74. The summed E-state index contributed by atoms with van der Waals surface area (Å²) in [6, 6.07) is 7.90. The summed E-state index contributed by atoms with van der Waals surface area (Å²) in [6.07, 6.45) is 0. The molecule has 0 spiro atoms. The summed E-state index contributed by atoms with van der Waals surface area (Å²) in [6.45, 7) is 9.69. The van der Waals surface area contributed by atoms with Gasteiger partial charge in [-0.3, -0.25) is 4.79 Å². The number of anilines is 1. The largest absolute Gasteiger partial charge is 0.383 e. The fraction of sp³-hybridized carbons (Fsp3) is 0.500. The minimum absolute atomic E-state index is 0.0840. The van der Waals surface area contributed by atoms with Crippen molar-refractivity contribution in [2.75, 3.05) is 25.6 Å². The third-order valence-electron chi connectivity index (χ3n) is 3.67. The van der Waals surface area contributed by atoms with Crippen LogP contribution in [-0.2, 0) is 10.2 Å². The van der Waals surface area contributed by atoms with Gasteiger partial charge in [-0.25, -0.2) is 0 Å². The SMILES string of the molecule is COCCNc1nnc(SC(C)C(=O)c2ccc(C(C)(C)C)cc2)s1. The molecule has 0 amide bonds. The predicted octanol–water partition coefficient (Wildman–Crippen LogP) is 4.26. The molecule has 0 aliphatic rings. The average molecular weight is 380 g/mol. The summed E-state index contributed by atoms with van der Waals surface area (Å²) in [5.41, 5.74) is 2.04. The van der Waals surface area contributed by atoms with E-state index in [9.17, 15) is 4.79 Å². The summed E-state index contributed by atoms with van der Waals surface area (Å²) in [4.78, 5) is 12.6. The van der Waals surface area contributed by atoms with Crippen LogP contribution in [0.15, 0.2) is 28.6 Å². The fourth-order valence-corrected chi connectivity index (χ4v) is 4.16. The highest BCUT2D eigenvalue weighted by molar-refractivity contribution is 8.02. The van der Waals surface area contributed by atoms with E-state index in [4.69, 9.17) is 4.74 Å². The van der Waals surface area contributed by atoms with Gasteiger partial charge in [0, 0.05) is 19.2 Å². The van der Waals surface area contributed by atoms with Gasteiger partial charge in [0.2, 0.25) is 5.13 Å². The molecule has 7 heteroatoms. The first-order chi connectivity index (χ1) is 11.8. The van der Waals surface area contributed by atoms with Crippen molar-refractivity contribution in [2.45, 2.75) is 42.7 Å². The Morgan fingerprint density at radius 1 is 1.28 bits per heavy atom. The maximum Gasteiger partial charge on any atom is 0.206 e. The number of thioether (sulfide) groups is 1. The minimum atomic E-state index is -0.208. The Balaban J connectivity index is 1.96. The van der Waals surface area contributed by atoms with Gasteiger partial charge in [0.05, 0.1) is 11.9 Å². The van der Waals surface area contributed by atoms with Gasteiger partial charge in [0.15, 0.2) is 10.1 Å². The Hall–Kier alpha value is -1.44. The summed E-state index contributed by atoms with van der Waals surface area (Å²) in [7, 11) is 1.66. The van der Waals surface area contributed by atoms with E-state index in [1.165, 1.54) is 28.7 Å². The van der Waals surface area contributed by atoms with E-state index in [0.29, 0.717) is 13.2 Å². The molecule has 0 saturated carbocycles. The number of ether oxygens (including phenoxy) is 1. The molecular formula is C18H25N3O2S2. The number of hydrogen-bond donors (Lipinski definition) is 1. The first-order valence-corrected chi connectivity index (χ1v) is 9.88. The second kappa shape index (κ2) is 8.78. The molecule has 0 fully saturated rings. The van der Waals surface area contributed by atoms with Crippen LogP contribution in [0.3, 0.4) is 0 Å². The van der Waals surface area contributed by atoms with Crippen molar-refractivity contribution in [1.82, 2.24) is 10.2 Å². The maximum atomic E-state index is 12.6. The molecule has 136 valence electrons. The van der Waals surface area contributed by atoms with Crippen molar-refractivity contribution in [1.29, 1.82) is 0 Å². The van der Waals surface area contributed by atoms with E-state index in [2.05, 4.69) is 36.3 Å². The lowest BCUT2D eigenvalue weighted by molar-refractivity contribution is 0.0994. The van der Waals surface area contributed by atoms with E-state index in [1.54, 1.807) is 7.11 Å². The molecule has 2 aromatic rings. The molecule has 1 unspecified atom stereocenters. The Kier molecular flexibility index (Phi) is 6.98. The predicted molar refractivity (Wildman–Crippen MR) is 105 cm³/mol. The minimum Gasteiger partial charge on any atom is -0.383 e. The number of ketones is 1. The van der Waals surface area contributed by atoms with Crippen LogP contribution in [0.2, 0.25) is 0 Å². The lowest BCUT2D eigenvalue weighted by Crippen LogP contribution is -2.15. The molecule has 1 N–H and O–H groups in total. The van der Waals surface area contributed by atoms with Crippen LogP contribution in [0.4, 0.5) is 5.13 Å². The first-order valence-electron chi connectivity index (χ1n) is 8.19. The van der Waals surface area contributed by atoms with Crippen LogP contribution in [0, 0.1) is 0 Å². The van der Waals surface area contributed by atoms with Gasteiger partial charge in [-0.15, -0.1) is 10.2 Å². The Morgan fingerprint density at radius 3 is 2.56 bits per heavy atom. The summed E-state index contributed by atoms with van der Waals surface area (Å²) >= 11 is 2.89. The number of rotatable bonds is 8. The number of nitrogens with one attached hydrogen (secondary N) is 1. The quantitative estimate of drug-likeness (QED) is 0.420. The Labute approximate surface area is 157 Å². The highest BCUT2D eigenvalue weighted by atomic mass is 32.2. The molecule has 1 aromatic carbocycles. The van der Waals surface area contributed by atoms with Gasteiger partial charge in [0.1, 0.15) is 0 Å². The molecule has 1 aromatic heterocycles. The zero-order chi connectivity index (χ0) is 18.4. The van der Waals surface area contributed by atoms with Gasteiger partial charge in [-0.05, 0) is 17.9 Å². The number of aromatic nitrogens is 2. The van der Waals surface area contributed by atoms with Gasteiger partial charge in [-0.1, -0.05) is 68.1 Å². The van der Waals surface area contributed by atoms with E-state index < -0.39 is 0 Å². The summed E-state index contributed by atoms with van der Waals surface area (Å²) in [5, 5.41) is 11.9. The number of carbonyl (C=O) groups is 1. The topological polar surface area (TPSA) is 64.1 Å². The monoisotopic (exact) mass is 379 g/mol. The molecule has 0 aliphatic carbocycles. The molecule has 1 heterocycles. The average Bonchev–Trinajstić information content (AvgIpc) is 3.01. The molecule has 1 atom stereocenters. The normalized spacial score (nSPS) is 12.8. The van der Waals surface area contributed by atoms with Crippen molar-refractivity contribution < 1.29 is 9.53 Å². The molecule has 0 saturated heterocycles. The van der Waals surface area contributed by atoms with Crippen LogP contribution >= 0.6 is 23.1 Å². The van der Waals surface area contributed by atoms with Crippen molar-refractivity contribution >= 4 is 34.0 Å². The van der Waals surface area contributed by atoms with Crippen LogP contribution in [-0.4, -0.2) is 41.5 Å². The van der Waals surface area contributed by atoms with Crippen LogP contribution in [0.1, 0.15) is 43.6 Å². The van der Waals surface area contributed by atoms with Crippen LogP contribution in [0.25, 0.3) is 0 Å². The number of nitrogens with zero attached hydrogens (tertiary/aromatic N) is 2. The number of Topliss-reactive ketones (excluding diaryl/α,β-unsaturated/α-hetero) is 1. The number of benzene rings is 1. The third-order valence-corrected chi connectivity index (χ3v) is 5.74. The molecule has 2 rings (SSSR count). The van der Waals surface area contributed by atoms with E-state index in [0.717, 1.165) is 15.0 Å². The lowest BCUT2D eigenvalue weighted by atomic mass is 9.86. The molecule has 5 nitrogen and oxygen atoms in total.